The number of hydrogen-bond donors (Lipinski definition) is 1. The van der Waals surface area contributed by atoms with Crippen LogP contribution < -0.4 is 0 Å². The predicted molar refractivity (Wildman–Crippen MR) is 135 cm³/mol. The molecular weight excluding hydrogens is 466 g/mol. The summed E-state index contributed by atoms with van der Waals surface area (Å²) in [7, 11) is -3.96. The molecule has 0 aliphatic carbocycles. The Morgan fingerprint density at radius 3 is 2.00 bits per heavy atom. The van der Waals surface area contributed by atoms with Crippen LogP contribution in [-0.2, 0) is 14.8 Å². The van der Waals surface area contributed by atoms with E-state index in [-0.39, 0.29) is 4.90 Å². The van der Waals surface area contributed by atoms with Crippen molar-refractivity contribution in [2.45, 2.75) is 54.3 Å². The van der Waals surface area contributed by atoms with E-state index in [1.54, 1.807) is 24.3 Å². The topological polar surface area (TPSA) is 74.7 Å². The van der Waals surface area contributed by atoms with Gasteiger partial charge in [-0.2, -0.15) is 4.31 Å². The van der Waals surface area contributed by atoms with Gasteiger partial charge in [-0.3, -0.25) is 4.79 Å². The van der Waals surface area contributed by atoms with E-state index in [4.69, 9.17) is 0 Å². The Hall–Kier alpha value is -2.61. The van der Waals surface area contributed by atoms with Crippen LogP contribution in [0.3, 0.4) is 0 Å². The van der Waals surface area contributed by atoms with Crippen molar-refractivity contribution in [2.24, 2.45) is 5.92 Å². The molecule has 0 saturated carbocycles. The maximum Gasteiger partial charge on any atom is 0.309 e. The van der Waals surface area contributed by atoms with Gasteiger partial charge in [0, 0.05) is 16.2 Å². The van der Waals surface area contributed by atoms with E-state index < -0.39 is 39.2 Å². The minimum absolute atomic E-state index is 0.183. The van der Waals surface area contributed by atoms with E-state index in [0.717, 1.165) is 16.0 Å². The van der Waals surface area contributed by atoms with Crippen LogP contribution >= 0.6 is 11.8 Å². The summed E-state index contributed by atoms with van der Waals surface area (Å²) in [5, 5.41) is 9.96. The van der Waals surface area contributed by atoms with Crippen LogP contribution in [0.5, 0.6) is 0 Å². The summed E-state index contributed by atoms with van der Waals surface area (Å²) in [5.74, 6) is -1.89. The summed E-state index contributed by atoms with van der Waals surface area (Å²) >= 11 is 1.46. The Kier molecular flexibility index (Phi) is 7.17. The Morgan fingerprint density at radius 1 is 0.912 bits per heavy atom. The lowest BCUT2D eigenvalue weighted by Crippen LogP contribution is -2.39. The molecule has 4 atom stereocenters. The minimum Gasteiger partial charge on any atom is -0.481 e. The third-order valence-electron chi connectivity index (χ3n) is 6.41. The van der Waals surface area contributed by atoms with Crippen LogP contribution in [-0.4, -0.2) is 35.1 Å². The SMILES string of the molecule is CC[C@@H]1[C@@H](Sc2ccc(C)cc2)[C@@H](C(=O)O)[C@H](c2ccccc2)N1S(=O)(=O)c1ccc(C)cc1. The molecule has 0 bridgehead atoms. The standard InChI is InChI=1S/C27H29NO4S2/c1-4-23-26(33-21-14-10-18(2)11-15-21)24(27(29)30)25(20-8-6-5-7-9-20)28(23)34(31,32)22-16-12-19(3)13-17-22/h5-17,23-26H,4H2,1-3H3,(H,29,30)/t23-,24+,25+,26-/m1/s1. The summed E-state index contributed by atoms with van der Waals surface area (Å²) < 4.78 is 29.5. The summed E-state index contributed by atoms with van der Waals surface area (Å²) in [5.41, 5.74) is 2.77. The molecule has 34 heavy (non-hydrogen) atoms. The van der Waals surface area contributed by atoms with Gasteiger partial charge in [-0.15, -0.1) is 11.8 Å². The maximum atomic E-state index is 14.0. The van der Waals surface area contributed by atoms with Gasteiger partial charge in [0.25, 0.3) is 0 Å². The number of thioether (sulfide) groups is 1. The molecule has 1 saturated heterocycles. The van der Waals surface area contributed by atoms with Crippen LogP contribution in [0.2, 0.25) is 0 Å². The van der Waals surface area contributed by atoms with Gasteiger partial charge in [0.15, 0.2) is 0 Å². The van der Waals surface area contributed by atoms with E-state index in [2.05, 4.69) is 0 Å². The zero-order valence-corrected chi connectivity index (χ0v) is 21.1. The normalized spacial score (nSPS) is 23.1. The first-order chi connectivity index (χ1) is 16.2. The van der Waals surface area contributed by atoms with Crippen LogP contribution in [0.4, 0.5) is 0 Å². The average Bonchev–Trinajstić information content (AvgIpc) is 3.16. The number of sulfonamides is 1. The molecule has 1 aliphatic rings. The first-order valence-electron chi connectivity index (χ1n) is 11.4. The van der Waals surface area contributed by atoms with Crippen LogP contribution in [0.1, 0.15) is 36.1 Å². The zero-order chi connectivity index (χ0) is 24.5. The number of benzene rings is 3. The Balaban J connectivity index is 1.88. The van der Waals surface area contributed by atoms with E-state index in [0.29, 0.717) is 12.0 Å². The minimum atomic E-state index is -3.96. The lowest BCUT2D eigenvalue weighted by Gasteiger charge is -2.30. The molecule has 0 amide bonds. The molecule has 0 spiro atoms. The van der Waals surface area contributed by atoms with Gasteiger partial charge in [-0.05, 0) is 50.1 Å². The third-order valence-corrected chi connectivity index (χ3v) is 9.75. The molecule has 5 nitrogen and oxygen atoms in total. The highest BCUT2D eigenvalue weighted by molar-refractivity contribution is 8.00. The predicted octanol–water partition coefficient (Wildman–Crippen LogP) is 5.69. The molecule has 0 unspecified atom stereocenters. The maximum absolute atomic E-state index is 14.0. The van der Waals surface area contributed by atoms with Crippen LogP contribution in [0.15, 0.2) is 88.7 Å². The molecule has 1 N–H and O–H groups in total. The van der Waals surface area contributed by atoms with Crippen molar-refractivity contribution in [1.29, 1.82) is 0 Å². The summed E-state index contributed by atoms with van der Waals surface area (Å²) in [4.78, 5) is 13.8. The fourth-order valence-corrected chi connectivity index (χ4v) is 8.20. The smallest absolute Gasteiger partial charge is 0.309 e. The third kappa shape index (κ3) is 4.65. The number of carboxylic acids is 1. The number of carbonyl (C=O) groups is 1. The second-order valence-corrected chi connectivity index (χ2v) is 11.8. The zero-order valence-electron chi connectivity index (χ0n) is 19.5. The molecule has 1 aliphatic heterocycles. The van der Waals surface area contributed by atoms with Crippen LogP contribution in [0.25, 0.3) is 0 Å². The number of carboxylic acid groups (broad SMARTS) is 1. The largest absolute Gasteiger partial charge is 0.481 e. The Labute approximate surface area is 205 Å². The van der Waals surface area contributed by atoms with Crippen molar-refractivity contribution in [3.8, 4) is 0 Å². The number of aryl methyl sites for hydroxylation is 2. The van der Waals surface area contributed by atoms with E-state index >= 15 is 0 Å². The molecule has 7 heteroatoms. The van der Waals surface area contributed by atoms with Gasteiger partial charge in [0.2, 0.25) is 10.0 Å². The van der Waals surface area contributed by atoms with E-state index in [1.807, 2.05) is 75.4 Å². The quantitative estimate of drug-likeness (QED) is 0.456. The van der Waals surface area contributed by atoms with Gasteiger partial charge < -0.3 is 5.11 Å². The number of nitrogens with zero attached hydrogens (tertiary/aromatic N) is 1. The molecule has 1 fully saturated rings. The average molecular weight is 496 g/mol. The van der Waals surface area contributed by atoms with Crippen molar-refractivity contribution in [3.63, 3.8) is 0 Å². The van der Waals surface area contributed by atoms with Crippen molar-refractivity contribution in [3.05, 3.63) is 95.6 Å². The highest BCUT2D eigenvalue weighted by Gasteiger charge is 2.56. The van der Waals surface area contributed by atoms with Gasteiger partial charge >= 0.3 is 5.97 Å². The van der Waals surface area contributed by atoms with Crippen molar-refractivity contribution in [2.75, 3.05) is 0 Å². The highest BCUT2D eigenvalue weighted by Crippen LogP contribution is 2.51. The molecule has 0 radical (unpaired) electrons. The molecule has 4 rings (SSSR count). The fourth-order valence-electron chi connectivity index (χ4n) is 4.71. The summed E-state index contributed by atoms with van der Waals surface area (Å²) in [6.45, 7) is 5.83. The number of aliphatic carboxylic acids is 1. The molecule has 3 aromatic carbocycles. The molecular formula is C27H29NO4S2. The van der Waals surface area contributed by atoms with Gasteiger partial charge in [0.1, 0.15) is 0 Å². The first-order valence-corrected chi connectivity index (χ1v) is 13.7. The molecule has 1 heterocycles. The first kappa shape index (κ1) is 24.5. The Bertz CT molecular complexity index is 1240. The summed E-state index contributed by atoms with van der Waals surface area (Å²) in [6.07, 6.45) is 0.502. The summed E-state index contributed by atoms with van der Waals surface area (Å²) in [6, 6.07) is 22.5. The monoisotopic (exact) mass is 495 g/mol. The van der Waals surface area contributed by atoms with Crippen molar-refractivity contribution >= 4 is 27.8 Å². The highest BCUT2D eigenvalue weighted by atomic mass is 32.2. The van der Waals surface area contributed by atoms with Crippen LogP contribution in [0, 0.1) is 19.8 Å². The fraction of sp³-hybridized carbons (Fsp3) is 0.296. The van der Waals surface area contributed by atoms with E-state index in [9.17, 15) is 18.3 Å². The van der Waals surface area contributed by atoms with Crippen molar-refractivity contribution in [1.82, 2.24) is 4.31 Å². The van der Waals surface area contributed by atoms with Gasteiger partial charge in [0.05, 0.1) is 16.9 Å². The lowest BCUT2D eigenvalue weighted by atomic mass is 9.93. The molecule has 3 aromatic rings. The van der Waals surface area contributed by atoms with E-state index in [1.165, 1.54) is 16.1 Å². The van der Waals surface area contributed by atoms with Gasteiger partial charge in [-0.25, -0.2) is 8.42 Å². The number of hydrogen-bond acceptors (Lipinski definition) is 4. The second kappa shape index (κ2) is 9.94. The molecule has 0 aromatic heterocycles. The Morgan fingerprint density at radius 2 is 1.47 bits per heavy atom. The lowest BCUT2D eigenvalue weighted by molar-refractivity contribution is -0.142. The molecule has 178 valence electrons. The second-order valence-electron chi connectivity index (χ2n) is 8.74. The van der Waals surface area contributed by atoms with Gasteiger partial charge in [-0.1, -0.05) is 72.6 Å². The van der Waals surface area contributed by atoms with Crippen molar-refractivity contribution < 1.29 is 18.3 Å². The number of rotatable bonds is 7.